The van der Waals surface area contributed by atoms with E-state index in [9.17, 15) is 15.0 Å². The highest BCUT2D eigenvalue weighted by Crippen LogP contribution is 2.37. The number of aliphatic hydroxyl groups is 1. The van der Waals surface area contributed by atoms with Crippen LogP contribution < -0.4 is 0 Å². The molecule has 5 N–H and O–H groups in total. The zero-order chi connectivity index (χ0) is 21.7. The number of aromatic nitrogens is 2. The van der Waals surface area contributed by atoms with Crippen molar-refractivity contribution in [3.8, 4) is 0 Å². The maximum atomic E-state index is 11.6. The van der Waals surface area contributed by atoms with Gasteiger partial charge in [-0.15, -0.1) is 0 Å². The van der Waals surface area contributed by atoms with Crippen molar-refractivity contribution >= 4 is 18.9 Å². The van der Waals surface area contributed by atoms with Gasteiger partial charge in [0.1, 0.15) is 5.82 Å². The molecular weight excluding hydrogens is 370 g/mol. The molecule has 0 aliphatic carbocycles. The Hall–Kier alpha value is -2.46. The van der Waals surface area contributed by atoms with Crippen molar-refractivity contribution in [1.29, 1.82) is 0 Å². The van der Waals surface area contributed by atoms with Gasteiger partial charge in [0.15, 0.2) is 0 Å². The third kappa shape index (κ3) is 6.93. The Morgan fingerprint density at radius 2 is 1.89 bits per heavy atom. The SMILES string of the molecule is CCC[C@]1(C(=O)O)CCN(Cc2nc(CC)[nH]c2C)C[C@@H]1O.O=CO.O=CO. The zero-order valence-corrected chi connectivity index (χ0v) is 16.6. The van der Waals surface area contributed by atoms with Gasteiger partial charge in [0.05, 0.1) is 17.2 Å². The van der Waals surface area contributed by atoms with E-state index in [0.717, 1.165) is 30.1 Å². The molecule has 0 unspecified atom stereocenters. The Labute approximate surface area is 164 Å². The van der Waals surface area contributed by atoms with Crippen LogP contribution in [-0.4, -0.2) is 73.4 Å². The number of aliphatic hydroxyl groups excluding tert-OH is 1. The van der Waals surface area contributed by atoms with Crippen molar-refractivity contribution in [2.24, 2.45) is 5.41 Å². The second-order valence-corrected chi connectivity index (χ2v) is 6.53. The first-order valence-electron chi connectivity index (χ1n) is 9.09. The summed E-state index contributed by atoms with van der Waals surface area (Å²) in [6, 6.07) is 0. The Kier molecular flexibility index (Phi) is 11.7. The van der Waals surface area contributed by atoms with Crippen LogP contribution in [-0.2, 0) is 27.3 Å². The molecule has 28 heavy (non-hydrogen) atoms. The minimum Gasteiger partial charge on any atom is -0.483 e. The summed E-state index contributed by atoms with van der Waals surface area (Å²) in [5.41, 5.74) is 1.05. The normalized spacial score (nSPS) is 21.5. The molecule has 1 aromatic heterocycles. The lowest BCUT2D eigenvalue weighted by atomic mass is 9.73. The van der Waals surface area contributed by atoms with Gasteiger partial charge in [-0.1, -0.05) is 20.3 Å². The average Bonchev–Trinajstić information content (AvgIpc) is 2.98. The number of hydrogen-bond donors (Lipinski definition) is 5. The van der Waals surface area contributed by atoms with Crippen LogP contribution in [0.2, 0.25) is 0 Å². The quantitative estimate of drug-likeness (QED) is 0.439. The zero-order valence-electron chi connectivity index (χ0n) is 16.6. The van der Waals surface area contributed by atoms with Crippen LogP contribution in [0.25, 0.3) is 0 Å². The molecule has 2 atom stereocenters. The van der Waals surface area contributed by atoms with Crippen molar-refractivity contribution in [1.82, 2.24) is 14.9 Å². The molecule has 1 aliphatic heterocycles. The predicted molar refractivity (Wildman–Crippen MR) is 101 cm³/mol. The molecule has 0 aromatic carbocycles. The Balaban J connectivity index is 0.00000108. The van der Waals surface area contributed by atoms with Gasteiger partial charge in [-0.25, -0.2) is 4.98 Å². The van der Waals surface area contributed by atoms with Crippen LogP contribution >= 0.6 is 0 Å². The molecule has 160 valence electrons. The van der Waals surface area contributed by atoms with E-state index < -0.39 is 17.5 Å². The number of rotatable bonds is 6. The number of carboxylic acid groups (broad SMARTS) is 3. The molecule has 1 aromatic rings. The topological polar surface area (TPSA) is 164 Å². The summed E-state index contributed by atoms with van der Waals surface area (Å²) in [7, 11) is 0. The molecule has 1 fully saturated rings. The number of carboxylic acids is 1. The molecule has 2 heterocycles. The molecule has 1 aliphatic rings. The number of carbonyl (C=O) groups is 3. The van der Waals surface area contributed by atoms with Gasteiger partial charge in [-0.2, -0.15) is 0 Å². The maximum absolute atomic E-state index is 11.6. The van der Waals surface area contributed by atoms with E-state index in [-0.39, 0.29) is 12.9 Å². The second-order valence-electron chi connectivity index (χ2n) is 6.53. The lowest BCUT2D eigenvalue weighted by Gasteiger charge is -2.42. The number of likely N-dealkylation sites (tertiary alicyclic amines) is 1. The van der Waals surface area contributed by atoms with Crippen molar-refractivity contribution in [3.63, 3.8) is 0 Å². The fourth-order valence-electron chi connectivity index (χ4n) is 3.37. The van der Waals surface area contributed by atoms with Crippen LogP contribution in [0.4, 0.5) is 0 Å². The predicted octanol–water partition coefficient (Wildman–Crippen LogP) is 1.12. The first-order chi connectivity index (χ1) is 13.3. The van der Waals surface area contributed by atoms with Crippen LogP contribution in [0, 0.1) is 12.3 Å². The molecule has 10 nitrogen and oxygen atoms in total. The first-order valence-corrected chi connectivity index (χ1v) is 9.09. The molecule has 0 amide bonds. The van der Waals surface area contributed by atoms with Gasteiger partial charge in [0, 0.05) is 25.2 Å². The summed E-state index contributed by atoms with van der Waals surface area (Å²) in [5, 5.41) is 33.8. The fraction of sp³-hybridized carbons (Fsp3) is 0.667. The number of imidazole rings is 1. The highest BCUT2D eigenvalue weighted by molar-refractivity contribution is 5.75. The van der Waals surface area contributed by atoms with Crippen LogP contribution in [0.15, 0.2) is 0 Å². The van der Waals surface area contributed by atoms with Gasteiger partial charge >= 0.3 is 5.97 Å². The third-order valence-corrected chi connectivity index (χ3v) is 4.81. The van der Waals surface area contributed by atoms with Crippen LogP contribution in [0.1, 0.15) is 50.3 Å². The van der Waals surface area contributed by atoms with E-state index >= 15 is 0 Å². The van der Waals surface area contributed by atoms with Crippen molar-refractivity contribution in [2.45, 2.75) is 59.1 Å². The summed E-state index contributed by atoms with van der Waals surface area (Å²) in [4.78, 5) is 38.3. The van der Waals surface area contributed by atoms with Gasteiger partial charge in [0.25, 0.3) is 12.9 Å². The molecule has 1 saturated heterocycles. The number of hydrogen-bond acceptors (Lipinski definition) is 6. The molecular formula is C18H31N3O7. The Bertz CT molecular complexity index is 614. The first kappa shape index (κ1) is 25.5. The lowest BCUT2D eigenvalue weighted by molar-refractivity contribution is -0.164. The highest BCUT2D eigenvalue weighted by Gasteiger charge is 2.47. The van der Waals surface area contributed by atoms with Crippen molar-refractivity contribution < 1.29 is 34.8 Å². The smallest absolute Gasteiger partial charge is 0.312 e. The summed E-state index contributed by atoms with van der Waals surface area (Å²) in [6.45, 7) is 7.24. The monoisotopic (exact) mass is 401 g/mol. The summed E-state index contributed by atoms with van der Waals surface area (Å²) >= 11 is 0. The summed E-state index contributed by atoms with van der Waals surface area (Å²) in [5.74, 6) is 0.0987. The van der Waals surface area contributed by atoms with E-state index in [2.05, 4.69) is 21.8 Å². The molecule has 2 rings (SSSR count). The number of aliphatic carboxylic acids is 1. The average molecular weight is 401 g/mol. The molecule has 0 radical (unpaired) electrons. The minimum atomic E-state index is -0.986. The van der Waals surface area contributed by atoms with Crippen LogP contribution in [0.5, 0.6) is 0 Å². The standard InChI is InChI=1S/C16H27N3O3.2CH2O2/c1-4-6-16(15(21)22)7-8-19(10-13(16)20)9-12-11(3)17-14(5-2)18-12;2*2-1-3/h13,20H,4-10H2,1-3H3,(H,17,18)(H,21,22);2*1H,(H,2,3)/t13-,16-;;/m0../s1. The lowest BCUT2D eigenvalue weighted by Crippen LogP contribution is -2.54. The number of nitrogens with zero attached hydrogens (tertiary/aromatic N) is 2. The third-order valence-electron chi connectivity index (χ3n) is 4.81. The number of β-amino-alcohol motifs (C(OH)–C–C–N with tert-alkyl or cyclic N) is 1. The van der Waals surface area contributed by atoms with Crippen molar-refractivity contribution in [2.75, 3.05) is 13.1 Å². The number of piperidine rings is 1. The summed E-state index contributed by atoms with van der Waals surface area (Å²) in [6.07, 6.45) is 1.81. The Morgan fingerprint density at radius 3 is 2.29 bits per heavy atom. The second kappa shape index (κ2) is 12.8. The number of H-pyrrole nitrogens is 1. The van der Waals surface area contributed by atoms with Gasteiger partial charge in [-0.3, -0.25) is 19.3 Å². The maximum Gasteiger partial charge on any atom is 0.312 e. The van der Waals surface area contributed by atoms with E-state index in [1.54, 1.807) is 0 Å². The van der Waals surface area contributed by atoms with E-state index in [1.165, 1.54) is 0 Å². The highest BCUT2D eigenvalue weighted by atomic mass is 16.4. The molecule has 0 spiro atoms. The molecule has 0 bridgehead atoms. The van der Waals surface area contributed by atoms with Gasteiger partial charge < -0.3 is 25.4 Å². The van der Waals surface area contributed by atoms with Gasteiger partial charge in [0.2, 0.25) is 0 Å². The fourth-order valence-corrected chi connectivity index (χ4v) is 3.37. The Morgan fingerprint density at radius 1 is 1.32 bits per heavy atom. The van der Waals surface area contributed by atoms with E-state index in [0.29, 0.717) is 32.5 Å². The van der Waals surface area contributed by atoms with Crippen LogP contribution in [0.3, 0.4) is 0 Å². The van der Waals surface area contributed by atoms with E-state index in [1.807, 2.05) is 13.8 Å². The van der Waals surface area contributed by atoms with Gasteiger partial charge in [-0.05, 0) is 26.3 Å². The number of aryl methyl sites for hydroxylation is 2. The van der Waals surface area contributed by atoms with Crippen molar-refractivity contribution in [3.05, 3.63) is 17.2 Å². The number of nitrogens with one attached hydrogen (secondary N) is 1. The molecule has 10 heteroatoms. The summed E-state index contributed by atoms with van der Waals surface area (Å²) < 4.78 is 0. The minimum absolute atomic E-state index is 0.250. The number of aromatic amines is 1. The van der Waals surface area contributed by atoms with E-state index in [4.69, 9.17) is 19.8 Å². The molecule has 0 saturated carbocycles. The largest absolute Gasteiger partial charge is 0.483 e.